The first-order chi connectivity index (χ1) is 14.9. The molecular formula is C23H22N2O6. The highest BCUT2D eigenvalue weighted by molar-refractivity contribution is 6.05. The number of nitro benzene ring substituents is 1. The largest absolute Gasteiger partial charge is 0.497 e. The summed E-state index contributed by atoms with van der Waals surface area (Å²) in [6.45, 7) is 1.94. The number of carbonyl (C=O) groups excluding carboxylic acids is 1. The molecule has 0 radical (unpaired) electrons. The molecule has 8 heteroatoms. The van der Waals surface area contributed by atoms with E-state index in [0.29, 0.717) is 39.6 Å². The average molecular weight is 422 g/mol. The summed E-state index contributed by atoms with van der Waals surface area (Å²) in [7, 11) is 3.11. The Morgan fingerprint density at radius 2 is 1.77 bits per heavy atom. The molecule has 0 heterocycles. The molecule has 0 bridgehead atoms. The monoisotopic (exact) mass is 422 g/mol. The van der Waals surface area contributed by atoms with E-state index in [1.807, 2.05) is 12.1 Å². The first-order valence-electron chi connectivity index (χ1n) is 9.41. The van der Waals surface area contributed by atoms with Crippen molar-refractivity contribution in [1.82, 2.24) is 0 Å². The molecule has 3 rings (SSSR count). The number of nitrogens with zero attached hydrogens (tertiary/aromatic N) is 1. The standard InChI is InChI=1S/C23H22N2O6/c1-15-7-9-18(25(27)28)12-21(15)24-23(26)16-8-10-22(30-3)17(11-16)14-31-20-6-4-5-19(13-20)29-2/h4-13H,14H2,1-3H3,(H,24,26). The second kappa shape index (κ2) is 9.62. The van der Waals surface area contributed by atoms with Gasteiger partial charge in [0.25, 0.3) is 11.6 Å². The molecule has 0 aliphatic carbocycles. The van der Waals surface area contributed by atoms with Gasteiger partial charge in [0.2, 0.25) is 0 Å². The summed E-state index contributed by atoms with van der Waals surface area (Å²) in [5, 5.41) is 13.8. The van der Waals surface area contributed by atoms with Crippen LogP contribution in [0.3, 0.4) is 0 Å². The van der Waals surface area contributed by atoms with E-state index in [-0.39, 0.29) is 12.3 Å². The minimum atomic E-state index is -0.503. The smallest absolute Gasteiger partial charge is 0.271 e. The van der Waals surface area contributed by atoms with E-state index in [1.54, 1.807) is 50.4 Å². The Hall–Kier alpha value is -4.07. The molecule has 0 saturated heterocycles. The molecule has 3 aromatic carbocycles. The molecule has 0 spiro atoms. The van der Waals surface area contributed by atoms with Crippen molar-refractivity contribution in [2.75, 3.05) is 19.5 Å². The number of rotatable bonds is 8. The Morgan fingerprint density at radius 3 is 2.48 bits per heavy atom. The maximum atomic E-state index is 12.8. The van der Waals surface area contributed by atoms with Crippen molar-refractivity contribution in [2.45, 2.75) is 13.5 Å². The number of nitrogens with one attached hydrogen (secondary N) is 1. The number of ether oxygens (including phenoxy) is 3. The Bertz CT molecular complexity index is 1110. The van der Waals surface area contributed by atoms with Crippen LogP contribution in [0.25, 0.3) is 0 Å². The molecule has 0 unspecified atom stereocenters. The van der Waals surface area contributed by atoms with Crippen LogP contribution >= 0.6 is 0 Å². The van der Waals surface area contributed by atoms with E-state index in [1.165, 1.54) is 19.2 Å². The average Bonchev–Trinajstić information content (AvgIpc) is 2.78. The number of nitro groups is 1. The third-order valence-corrected chi connectivity index (χ3v) is 4.66. The highest BCUT2D eigenvalue weighted by Crippen LogP contribution is 2.26. The third kappa shape index (κ3) is 5.30. The van der Waals surface area contributed by atoms with Gasteiger partial charge in [-0.25, -0.2) is 0 Å². The van der Waals surface area contributed by atoms with Crippen LogP contribution < -0.4 is 19.5 Å². The van der Waals surface area contributed by atoms with Crippen molar-refractivity contribution in [1.29, 1.82) is 0 Å². The number of benzene rings is 3. The predicted molar refractivity (Wildman–Crippen MR) is 116 cm³/mol. The number of aryl methyl sites for hydroxylation is 1. The van der Waals surface area contributed by atoms with Gasteiger partial charge in [0, 0.05) is 29.3 Å². The first kappa shape index (κ1) is 21.6. The van der Waals surface area contributed by atoms with Gasteiger partial charge < -0.3 is 19.5 Å². The molecule has 1 amide bonds. The van der Waals surface area contributed by atoms with E-state index in [2.05, 4.69) is 5.32 Å². The first-order valence-corrected chi connectivity index (χ1v) is 9.41. The fourth-order valence-corrected chi connectivity index (χ4v) is 2.94. The van der Waals surface area contributed by atoms with E-state index in [9.17, 15) is 14.9 Å². The summed E-state index contributed by atoms with van der Waals surface area (Å²) in [5.74, 6) is 1.47. The van der Waals surface area contributed by atoms with Crippen LogP contribution in [0.4, 0.5) is 11.4 Å². The maximum Gasteiger partial charge on any atom is 0.271 e. The summed E-state index contributed by atoms with van der Waals surface area (Å²) < 4.78 is 16.4. The Labute approximate surface area is 179 Å². The molecule has 160 valence electrons. The van der Waals surface area contributed by atoms with Crippen LogP contribution in [-0.2, 0) is 6.61 Å². The lowest BCUT2D eigenvalue weighted by atomic mass is 10.1. The number of methoxy groups -OCH3 is 2. The number of carbonyl (C=O) groups is 1. The van der Waals surface area contributed by atoms with E-state index in [0.717, 1.165) is 0 Å². The van der Waals surface area contributed by atoms with Crippen molar-refractivity contribution >= 4 is 17.3 Å². The molecule has 1 N–H and O–H groups in total. The van der Waals surface area contributed by atoms with Gasteiger partial charge in [-0.05, 0) is 42.8 Å². The molecule has 3 aromatic rings. The van der Waals surface area contributed by atoms with Crippen LogP contribution in [0.5, 0.6) is 17.2 Å². The van der Waals surface area contributed by atoms with E-state index in [4.69, 9.17) is 14.2 Å². The number of amides is 1. The Morgan fingerprint density at radius 1 is 1.00 bits per heavy atom. The lowest BCUT2D eigenvalue weighted by Gasteiger charge is -2.13. The highest BCUT2D eigenvalue weighted by Gasteiger charge is 2.15. The normalized spacial score (nSPS) is 10.3. The van der Waals surface area contributed by atoms with Gasteiger partial charge in [0.05, 0.1) is 24.8 Å². The highest BCUT2D eigenvalue weighted by atomic mass is 16.6. The second-order valence-electron chi connectivity index (χ2n) is 6.70. The van der Waals surface area contributed by atoms with Gasteiger partial charge in [-0.2, -0.15) is 0 Å². The van der Waals surface area contributed by atoms with Crippen LogP contribution in [-0.4, -0.2) is 25.1 Å². The quantitative estimate of drug-likeness (QED) is 0.415. The zero-order valence-corrected chi connectivity index (χ0v) is 17.4. The summed E-state index contributed by atoms with van der Waals surface area (Å²) in [4.78, 5) is 23.3. The topological polar surface area (TPSA) is 99.9 Å². The minimum Gasteiger partial charge on any atom is -0.497 e. The summed E-state index contributed by atoms with van der Waals surface area (Å²) in [5.41, 5.74) is 2.05. The van der Waals surface area contributed by atoms with E-state index < -0.39 is 10.8 Å². The second-order valence-corrected chi connectivity index (χ2v) is 6.70. The van der Waals surface area contributed by atoms with Gasteiger partial charge >= 0.3 is 0 Å². The number of hydrogen-bond donors (Lipinski definition) is 1. The van der Waals surface area contributed by atoms with Gasteiger partial charge in [-0.1, -0.05) is 12.1 Å². The van der Waals surface area contributed by atoms with E-state index >= 15 is 0 Å². The molecule has 0 atom stereocenters. The van der Waals surface area contributed by atoms with Crippen molar-refractivity contribution in [3.63, 3.8) is 0 Å². The lowest BCUT2D eigenvalue weighted by molar-refractivity contribution is -0.384. The summed E-state index contributed by atoms with van der Waals surface area (Å²) in [6, 6.07) is 16.5. The molecular weight excluding hydrogens is 400 g/mol. The molecule has 0 aromatic heterocycles. The van der Waals surface area contributed by atoms with Crippen molar-refractivity contribution < 1.29 is 23.9 Å². The lowest BCUT2D eigenvalue weighted by Crippen LogP contribution is -2.14. The fraction of sp³-hybridized carbons (Fsp3) is 0.174. The number of anilines is 1. The summed E-state index contributed by atoms with van der Waals surface area (Å²) in [6.07, 6.45) is 0. The van der Waals surface area contributed by atoms with Crippen LogP contribution in [0, 0.1) is 17.0 Å². The fourth-order valence-electron chi connectivity index (χ4n) is 2.94. The third-order valence-electron chi connectivity index (χ3n) is 4.66. The zero-order valence-electron chi connectivity index (χ0n) is 17.4. The Balaban J connectivity index is 1.80. The predicted octanol–water partition coefficient (Wildman–Crippen LogP) is 4.75. The van der Waals surface area contributed by atoms with Gasteiger partial charge in [-0.3, -0.25) is 14.9 Å². The molecule has 0 aliphatic heterocycles. The van der Waals surface area contributed by atoms with Crippen LogP contribution in [0.1, 0.15) is 21.5 Å². The molecule has 8 nitrogen and oxygen atoms in total. The Kier molecular flexibility index (Phi) is 6.71. The van der Waals surface area contributed by atoms with Gasteiger partial charge in [0.15, 0.2) is 0 Å². The molecule has 0 aliphatic rings. The van der Waals surface area contributed by atoms with Crippen LogP contribution in [0.2, 0.25) is 0 Å². The van der Waals surface area contributed by atoms with Crippen molar-refractivity contribution in [3.05, 3.63) is 87.5 Å². The molecule has 31 heavy (non-hydrogen) atoms. The maximum absolute atomic E-state index is 12.8. The SMILES string of the molecule is COc1cccc(OCc2cc(C(=O)Nc3cc([N+](=O)[O-])ccc3C)ccc2OC)c1. The van der Waals surface area contributed by atoms with Crippen molar-refractivity contribution in [3.8, 4) is 17.2 Å². The van der Waals surface area contributed by atoms with Gasteiger partial charge in [0.1, 0.15) is 23.9 Å². The van der Waals surface area contributed by atoms with Crippen molar-refractivity contribution in [2.24, 2.45) is 0 Å². The zero-order chi connectivity index (χ0) is 22.4. The minimum absolute atomic E-state index is 0.0944. The van der Waals surface area contributed by atoms with Crippen LogP contribution in [0.15, 0.2) is 60.7 Å². The number of hydrogen-bond acceptors (Lipinski definition) is 6. The molecule has 0 saturated carbocycles. The summed E-state index contributed by atoms with van der Waals surface area (Å²) >= 11 is 0. The molecule has 0 fully saturated rings. The number of non-ortho nitro benzene ring substituents is 1. The van der Waals surface area contributed by atoms with Gasteiger partial charge in [-0.15, -0.1) is 0 Å².